The second-order valence-electron chi connectivity index (χ2n) is 8.53. The van der Waals surface area contributed by atoms with Crippen molar-refractivity contribution in [1.29, 1.82) is 0 Å². The number of carbonyl (C=O) groups excluding carboxylic acids is 2. The molecule has 5 heteroatoms. The number of nitrogens with one attached hydrogen (secondary N) is 2. The van der Waals surface area contributed by atoms with Gasteiger partial charge in [-0.1, -0.05) is 46.8 Å². The molecule has 1 rings (SSSR count). The molecule has 2 amide bonds. The van der Waals surface area contributed by atoms with E-state index in [9.17, 15) is 14.7 Å². The highest BCUT2D eigenvalue weighted by atomic mass is 16.3. The first kappa shape index (κ1) is 21.2. The molecule has 0 bridgehead atoms. The zero-order valence-corrected chi connectivity index (χ0v) is 16.3. The number of benzene rings is 1. The summed E-state index contributed by atoms with van der Waals surface area (Å²) in [5.41, 5.74) is 0.946. The normalized spacial score (nSPS) is 13.2. The maximum Gasteiger partial charge on any atom is 0.251 e. The van der Waals surface area contributed by atoms with E-state index < -0.39 is 11.5 Å². The molecular weight excluding hydrogens is 316 g/mol. The molecule has 0 saturated heterocycles. The number of rotatable bonds is 7. The van der Waals surface area contributed by atoms with Gasteiger partial charge in [-0.2, -0.15) is 0 Å². The van der Waals surface area contributed by atoms with Gasteiger partial charge in [0.05, 0.1) is 6.10 Å². The van der Waals surface area contributed by atoms with Crippen LogP contribution < -0.4 is 10.6 Å². The molecule has 3 N–H and O–H groups in total. The van der Waals surface area contributed by atoms with Crippen molar-refractivity contribution in [3.05, 3.63) is 35.4 Å². The fraction of sp³-hybridized carbons (Fsp3) is 0.600. The maximum absolute atomic E-state index is 12.2. The van der Waals surface area contributed by atoms with E-state index in [0.717, 1.165) is 5.56 Å². The van der Waals surface area contributed by atoms with Crippen LogP contribution in [0.5, 0.6) is 0 Å². The molecule has 0 aliphatic rings. The van der Waals surface area contributed by atoms with Gasteiger partial charge >= 0.3 is 0 Å². The van der Waals surface area contributed by atoms with E-state index in [4.69, 9.17) is 0 Å². The Bertz CT molecular complexity index is 584. The summed E-state index contributed by atoms with van der Waals surface area (Å²) in [5, 5.41) is 15.3. The Morgan fingerprint density at radius 1 is 1.04 bits per heavy atom. The zero-order valence-electron chi connectivity index (χ0n) is 16.3. The smallest absolute Gasteiger partial charge is 0.251 e. The van der Waals surface area contributed by atoms with E-state index in [1.54, 1.807) is 19.1 Å². The van der Waals surface area contributed by atoms with Crippen molar-refractivity contribution < 1.29 is 14.7 Å². The Kier molecular flexibility index (Phi) is 7.17. The van der Waals surface area contributed by atoms with Gasteiger partial charge < -0.3 is 15.7 Å². The lowest BCUT2D eigenvalue weighted by Crippen LogP contribution is -2.35. The number of amides is 2. The van der Waals surface area contributed by atoms with Crippen LogP contribution in [0.1, 0.15) is 63.9 Å². The Morgan fingerprint density at radius 2 is 1.60 bits per heavy atom. The molecule has 0 aliphatic carbocycles. The minimum absolute atomic E-state index is 0.00494. The van der Waals surface area contributed by atoms with Crippen LogP contribution in [0.3, 0.4) is 0 Å². The molecule has 1 aromatic rings. The molecule has 1 atom stereocenters. The lowest BCUT2D eigenvalue weighted by Gasteiger charge is -2.26. The molecule has 1 unspecified atom stereocenters. The summed E-state index contributed by atoms with van der Waals surface area (Å²) in [6, 6.07) is 7.21. The van der Waals surface area contributed by atoms with Gasteiger partial charge in [0.1, 0.15) is 0 Å². The van der Waals surface area contributed by atoms with Gasteiger partial charge in [0, 0.05) is 24.1 Å². The number of aliphatic hydroxyl groups is 1. The van der Waals surface area contributed by atoms with Crippen LogP contribution in [0.2, 0.25) is 0 Å². The average molecular weight is 348 g/mol. The van der Waals surface area contributed by atoms with Crippen molar-refractivity contribution in [1.82, 2.24) is 10.6 Å². The van der Waals surface area contributed by atoms with Gasteiger partial charge in [-0.15, -0.1) is 0 Å². The molecule has 25 heavy (non-hydrogen) atoms. The molecule has 0 fully saturated rings. The van der Waals surface area contributed by atoms with Crippen LogP contribution in [0.4, 0.5) is 0 Å². The van der Waals surface area contributed by atoms with E-state index in [1.807, 2.05) is 46.8 Å². The Hall–Kier alpha value is -1.88. The number of aliphatic hydroxyl groups excluding tert-OH is 1. The summed E-state index contributed by atoms with van der Waals surface area (Å²) in [5.74, 6) is -0.140. The standard InChI is InChI=1S/C20H32N2O3/c1-14(23)11-20(5,6)13-22-17(24)16-9-7-15(8-10-16)12-21-18(25)19(2,3)4/h7-10,14,23H,11-13H2,1-6H3,(H,21,25)(H,22,24). The second-order valence-corrected chi connectivity index (χ2v) is 8.53. The summed E-state index contributed by atoms with van der Waals surface area (Å²) in [7, 11) is 0. The summed E-state index contributed by atoms with van der Waals surface area (Å²) in [6.07, 6.45) is 0.231. The molecule has 0 spiro atoms. The Labute approximate surface area is 151 Å². The maximum atomic E-state index is 12.2. The number of carbonyl (C=O) groups is 2. The highest BCUT2D eigenvalue weighted by Gasteiger charge is 2.22. The third kappa shape index (κ3) is 7.69. The van der Waals surface area contributed by atoms with Gasteiger partial charge in [0.2, 0.25) is 5.91 Å². The van der Waals surface area contributed by atoms with E-state index in [-0.39, 0.29) is 17.2 Å². The van der Waals surface area contributed by atoms with Crippen molar-refractivity contribution in [2.75, 3.05) is 6.54 Å². The number of hydrogen-bond donors (Lipinski definition) is 3. The lowest BCUT2D eigenvalue weighted by molar-refractivity contribution is -0.128. The van der Waals surface area contributed by atoms with Crippen molar-refractivity contribution in [2.24, 2.45) is 10.8 Å². The van der Waals surface area contributed by atoms with Crippen LogP contribution in [0, 0.1) is 10.8 Å². The third-order valence-corrected chi connectivity index (χ3v) is 3.93. The van der Waals surface area contributed by atoms with Gasteiger partial charge in [0.25, 0.3) is 5.91 Å². The predicted molar refractivity (Wildman–Crippen MR) is 100 cm³/mol. The molecule has 0 aromatic heterocycles. The first-order chi connectivity index (χ1) is 11.4. The Morgan fingerprint density at radius 3 is 2.08 bits per heavy atom. The monoisotopic (exact) mass is 348 g/mol. The molecule has 5 nitrogen and oxygen atoms in total. The van der Waals surface area contributed by atoms with Gasteiger partial charge in [-0.3, -0.25) is 9.59 Å². The number of hydrogen-bond acceptors (Lipinski definition) is 3. The molecule has 0 aliphatic heterocycles. The van der Waals surface area contributed by atoms with Gasteiger partial charge in [-0.25, -0.2) is 0 Å². The predicted octanol–water partition coefficient (Wildman–Crippen LogP) is 2.88. The van der Waals surface area contributed by atoms with Crippen molar-refractivity contribution in [2.45, 2.75) is 60.6 Å². The molecule has 1 aromatic carbocycles. The van der Waals surface area contributed by atoms with Crippen LogP contribution >= 0.6 is 0 Å². The summed E-state index contributed by atoms with van der Waals surface area (Å²) in [6.45, 7) is 12.3. The first-order valence-electron chi connectivity index (χ1n) is 8.74. The van der Waals surface area contributed by atoms with Crippen LogP contribution in [-0.2, 0) is 11.3 Å². The second kappa shape index (κ2) is 8.48. The fourth-order valence-electron chi connectivity index (χ4n) is 2.51. The molecule has 0 heterocycles. The third-order valence-electron chi connectivity index (χ3n) is 3.93. The minimum atomic E-state index is -0.418. The summed E-state index contributed by atoms with van der Waals surface area (Å²) < 4.78 is 0. The lowest BCUT2D eigenvalue weighted by atomic mass is 9.87. The molecule has 0 radical (unpaired) electrons. The van der Waals surface area contributed by atoms with Crippen LogP contribution in [-0.4, -0.2) is 29.6 Å². The van der Waals surface area contributed by atoms with Crippen LogP contribution in [0.25, 0.3) is 0 Å². The van der Waals surface area contributed by atoms with Crippen LogP contribution in [0.15, 0.2) is 24.3 Å². The van der Waals surface area contributed by atoms with E-state index in [1.165, 1.54) is 0 Å². The SMILES string of the molecule is CC(O)CC(C)(C)CNC(=O)c1ccc(CNC(=O)C(C)(C)C)cc1. The summed E-state index contributed by atoms with van der Waals surface area (Å²) in [4.78, 5) is 24.1. The highest BCUT2D eigenvalue weighted by Crippen LogP contribution is 2.21. The topological polar surface area (TPSA) is 78.4 Å². The van der Waals surface area contributed by atoms with Crippen molar-refractivity contribution >= 4 is 11.8 Å². The van der Waals surface area contributed by atoms with E-state index in [2.05, 4.69) is 10.6 Å². The molecule has 0 saturated carbocycles. The first-order valence-corrected chi connectivity index (χ1v) is 8.74. The minimum Gasteiger partial charge on any atom is -0.393 e. The van der Waals surface area contributed by atoms with Gasteiger partial charge in [0.15, 0.2) is 0 Å². The van der Waals surface area contributed by atoms with Crippen molar-refractivity contribution in [3.8, 4) is 0 Å². The molecule has 140 valence electrons. The largest absolute Gasteiger partial charge is 0.393 e. The van der Waals surface area contributed by atoms with Crippen molar-refractivity contribution in [3.63, 3.8) is 0 Å². The van der Waals surface area contributed by atoms with E-state index >= 15 is 0 Å². The van der Waals surface area contributed by atoms with Gasteiger partial charge in [-0.05, 0) is 36.5 Å². The summed E-state index contributed by atoms with van der Waals surface area (Å²) >= 11 is 0. The fourth-order valence-corrected chi connectivity index (χ4v) is 2.51. The quantitative estimate of drug-likeness (QED) is 0.709. The zero-order chi connectivity index (χ0) is 19.3. The Balaban J connectivity index is 2.55. The average Bonchev–Trinajstić information content (AvgIpc) is 2.48. The van der Waals surface area contributed by atoms with E-state index in [0.29, 0.717) is 25.1 Å². The highest BCUT2D eigenvalue weighted by molar-refractivity contribution is 5.94. The molecular formula is C20H32N2O3.